The summed E-state index contributed by atoms with van der Waals surface area (Å²) in [7, 11) is 0. The van der Waals surface area contributed by atoms with E-state index < -0.39 is 6.17 Å². The maximum absolute atomic E-state index is 12.0. The standard InChI is InChI=1S/C9H15F/c1-3-4-5-6-7-8-9(2)10/h9H,3-6H2,1-2H3. The number of unbranched alkanes of at least 4 members (excludes halogenated alkanes) is 3. The highest BCUT2D eigenvalue weighted by atomic mass is 19.1. The van der Waals surface area contributed by atoms with Gasteiger partial charge >= 0.3 is 0 Å². The van der Waals surface area contributed by atoms with Crippen LogP contribution in [0.2, 0.25) is 0 Å². The molecule has 0 heterocycles. The van der Waals surface area contributed by atoms with E-state index in [1.54, 1.807) is 0 Å². The first-order valence-corrected chi connectivity index (χ1v) is 3.89. The molecule has 1 heteroatoms. The summed E-state index contributed by atoms with van der Waals surface area (Å²) in [5.74, 6) is 5.28. The van der Waals surface area contributed by atoms with Gasteiger partial charge in [0.25, 0.3) is 0 Å². The van der Waals surface area contributed by atoms with Crippen molar-refractivity contribution in [2.75, 3.05) is 0 Å². The zero-order valence-corrected chi connectivity index (χ0v) is 6.78. The Morgan fingerprint density at radius 2 is 2.10 bits per heavy atom. The topological polar surface area (TPSA) is 0 Å². The van der Waals surface area contributed by atoms with Crippen molar-refractivity contribution in [3.63, 3.8) is 0 Å². The van der Waals surface area contributed by atoms with Gasteiger partial charge in [0.15, 0.2) is 6.17 Å². The first-order chi connectivity index (χ1) is 4.77. The molecular formula is C9H15F. The molecule has 0 aliphatic carbocycles. The van der Waals surface area contributed by atoms with Crippen LogP contribution in [0.15, 0.2) is 0 Å². The van der Waals surface area contributed by atoms with E-state index in [2.05, 4.69) is 18.8 Å². The Bertz CT molecular complexity index is 116. The average molecular weight is 142 g/mol. The molecular weight excluding hydrogens is 127 g/mol. The molecule has 0 bridgehead atoms. The Morgan fingerprint density at radius 3 is 2.60 bits per heavy atom. The smallest absolute Gasteiger partial charge is 0.157 e. The maximum Gasteiger partial charge on any atom is 0.157 e. The van der Waals surface area contributed by atoms with Crippen LogP contribution in [0.4, 0.5) is 4.39 Å². The molecule has 0 aliphatic rings. The van der Waals surface area contributed by atoms with Crippen LogP contribution in [0.25, 0.3) is 0 Å². The maximum atomic E-state index is 12.0. The van der Waals surface area contributed by atoms with Crippen molar-refractivity contribution < 1.29 is 4.39 Å². The lowest BCUT2D eigenvalue weighted by atomic mass is 10.2. The molecule has 0 aromatic rings. The highest BCUT2D eigenvalue weighted by Crippen LogP contribution is 1.97. The minimum absolute atomic E-state index is 0.849. The Morgan fingerprint density at radius 1 is 1.40 bits per heavy atom. The lowest BCUT2D eigenvalue weighted by Gasteiger charge is -1.88. The van der Waals surface area contributed by atoms with Crippen molar-refractivity contribution in [2.45, 2.75) is 45.7 Å². The summed E-state index contributed by atoms with van der Waals surface area (Å²) in [5, 5.41) is 0. The minimum atomic E-state index is -0.957. The number of alkyl halides is 1. The van der Waals surface area contributed by atoms with Gasteiger partial charge in [0.05, 0.1) is 0 Å². The van der Waals surface area contributed by atoms with Crippen molar-refractivity contribution >= 4 is 0 Å². The Hall–Kier alpha value is -0.510. The zero-order chi connectivity index (χ0) is 7.82. The molecule has 0 aliphatic heterocycles. The Kier molecular flexibility index (Phi) is 6.27. The van der Waals surface area contributed by atoms with Gasteiger partial charge in [-0.25, -0.2) is 4.39 Å². The van der Waals surface area contributed by atoms with Crippen LogP contribution < -0.4 is 0 Å². The van der Waals surface area contributed by atoms with Gasteiger partial charge in [-0.05, 0) is 13.3 Å². The molecule has 0 saturated carbocycles. The van der Waals surface area contributed by atoms with Gasteiger partial charge in [0.1, 0.15) is 0 Å². The summed E-state index contributed by atoms with van der Waals surface area (Å²) in [6, 6.07) is 0. The molecule has 58 valence electrons. The molecule has 0 rings (SSSR count). The summed E-state index contributed by atoms with van der Waals surface area (Å²) in [6.07, 6.45) is 3.40. The van der Waals surface area contributed by atoms with Crippen LogP contribution in [-0.4, -0.2) is 6.17 Å². The molecule has 0 spiro atoms. The predicted octanol–water partition coefficient (Wildman–Crippen LogP) is 2.93. The van der Waals surface area contributed by atoms with Crippen LogP contribution in [-0.2, 0) is 0 Å². The van der Waals surface area contributed by atoms with Gasteiger partial charge in [0.2, 0.25) is 0 Å². The molecule has 0 aromatic carbocycles. The fourth-order valence-electron chi connectivity index (χ4n) is 0.676. The summed E-state index contributed by atoms with van der Waals surface area (Å²) < 4.78 is 12.0. The highest BCUT2D eigenvalue weighted by Gasteiger charge is 1.85. The summed E-state index contributed by atoms with van der Waals surface area (Å²) in [5.41, 5.74) is 0. The second kappa shape index (κ2) is 6.61. The van der Waals surface area contributed by atoms with Gasteiger partial charge in [-0.3, -0.25) is 0 Å². The molecule has 0 fully saturated rings. The van der Waals surface area contributed by atoms with E-state index in [1.807, 2.05) is 0 Å². The summed E-state index contributed by atoms with van der Waals surface area (Å²) in [4.78, 5) is 0. The number of rotatable bonds is 3. The van der Waals surface area contributed by atoms with E-state index in [0.717, 1.165) is 12.8 Å². The Balaban J connectivity index is 3.12. The van der Waals surface area contributed by atoms with Gasteiger partial charge in [-0.2, -0.15) is 0 Å². The third-order valence-electron chi connectivity index (χ3n) is 1.21. The van der Waals surface area contributed by atoms with Crippen LogP contribution in [0.3, 0.4) is 0 Å². The van der Waals surface area contributed by atoms with Crippen LogP contribution in [0.1, 0.15) is 39.5 Å². The quantitative estimate of drug-likeness (QED) is 0.420. The lowest BCUT2D eigenvalue weighted by molar-refractivity contribution is 0.443. The third-order valence-corrected chi connectivity index (χ3v) is 1.21. The number of halogens is 1. The number of hydrogen-bond acceptors (Lipinski definition) is 0. The molecule has 0 aromatic heterocycles. The molecule has 1 unspecified atom stereocenters. The first-order valence-electron chi connectivity index (χ1n) is 3.89. The highest BCUT2D eigenvalue weighted by molar-refractivity contribution is 5.02. The van der Waals surface area contributed by atoms with E-state index in [9.17, 15) is 4.39 Å². The molecule has 0 radical (unpaired) electrons. The minimum Gasteiger partial charge on any atom is -0.234 e. The van der Waals surface area contributed by atoms with Crippen LogP contribution in [0, 0.1) is 11.8 Å². The molecule has 0 amide bonds. The number of hydrogen-bond donors (Lipinski definition) is 0. The van der Waals surface area contributed by atoms with E-state index >= 15 is 0 Å². The monoisotopic (exact) mass is 142 g/mol. The lowest BCUT2D eigenvalue weighted by Crippen LogP contribution is -1.83. The SMILES string of the molecule is CCCCCC#CC(C)F. The molecule has 10 heavy (non-hydrogen) atoms. The molecule has 1 atom stereocenters. The molecule has 0 nitrogen and oxygen atoms in total. The van der Waals surface area contributed by atoms with Gasteiger partial charge in [-0.15, -0.1) is 5.92 Å². The summed E-state index contributed by atoms with van der Waals surface area (Å²) in [6.45, 7) is 3.61. The van der Waals surface area contributed by atoms with E-state index in [4.69, 9.17) is 0 Å². The van der Waals surface area contributed by atoms with Gasteiger partial charge < -0.3 is 0 Å². The first kappa shape index (κ1) is 9.49. The second-order valence-electron chi connectivity index (χ2n) is 2.39. The fraction of sp³-hybridized carbons (Fsp3) is 0.778. The zero-order valence-electron chi connectivity index (χ0n) is 6.78. The molecule has 0 N–H and O–H groups in total. The summed E-state index contributed by atoms with van der Waals surface area (Å²) >= 11 is 0. The van der Waals surface area contributed by atoms with Crippen molar-refractivity contribution in [3.05, 3.63) is 0 Å². The van der Waals surface area contributed by atoms with Crippen LogP contribution in [0.5, 0.6) is 0 Å². The largest absolute Gasteiger partial charge is 0.234 e. The van der Waals surface area contributed by atoms with Crippen molar-refractivity contribution in [2.24, 2.45) is 0 Å². The Labute approximate surface area is 62.8 Å². The average Bonchev–Trinajstić information content (AvgIpc) is 1.87. The third kappa shape index (κ3) is 7.49. The van der Waals surface area contributed by atoms with Gasteiger partial charge in [0, 0.05) is 6.42 Å². The van der Waals surface area contributed by atoms with Gasteiger partial charge in [-0.1, -0.05) is 25.7 Å². The van der Waals surface area contributed by atoms with Crippen molar-refractivity contribution in [1.29, 1.82) is 0 Å². The van der Waals surface area contributed by atoms with Crippen molar-refractivity contribution in [3.8, 4) is 11.8 Å². The molecule has 0 saturated heterocycles. The van der Waals surface area contributed by atoms with Crippen molar-refractivity contribution in [1.82, 2.24) is 0 Å². The fourth-order valence-corrected chi connectivity index (χ4v) is 0.676. The van der Waals surface area contributed by atoms with E-state index in [1.165, 1.54) is 19.8 Å². The normalized spacial score (nSPS) is 11.9. The predicted molar refractivity (Wildman–Crippen MR) is 42.5 cm³/mol. The van der Waals surface area contributed by atoms with E-state index in [-0.39, 0.29) is 0 Å². The van der Waals surface area contributed by atoms with E-state index in [0.29, 0.717) is 0 Å². The van der Waals surface area contributed by atoms with Crippen LogP contribution >= 0.6 is 0 Å². The second-order valence-corrected chi connectivity index (χ2v) is 2.39.